The molecule has 1 amide bonds. The van der Waals surface area contributed by atoms with Gasteiger partial charge in [0.1, 0.15) is 0 Å². The van der Waals surface area contributed by atoms with Crippen LogP contribution in [0.3, 0.4) is 0 Å². The number of carbonyl (C=O) groups excluding carboxylic acids is 1. The second kappa shape index (κ2) is 6.08. The summed E-state index contributed by atoms with van der Waals surface area (Å²) in [7, 11) is 0. The maximum Gasteiger partial charge on any atom is 0.220 e. The Bertz CT molecular complexity index is 202. The lowest BCUT2D eigenvalue weighted by atomic mass is 9.80. The standard InChI is InChI=1S/C11H21NO3/c1-3-15-10-4-9(5-10)6-11(14)12-8(2)7-13/h8-10,13H,3-7H2,1-2H3,(H,12,14)/t8-,9?,10?/m1/s1. The molecule has 4 heteroatoms. The minimum atomic E-state index is -0.139. The molecule has 1 fully saturated rings. The zero-order valence-electron chi connectivity index (χ0n) is 9.53. The van der Waals surface area contributed by atoms with Gasteiger partial charge in [-0.1, -0.05) is 0 Å². The van der Waals surface area contributed by atoms with Crippen molar-refractivity contribution >= 4 is 5.91 Å². The number of amides is 1. The van der Waals surface area contributed by atoms with E-state index in [9.17, 15) is 4.79 Å². The maximum absolute atomic E-state index is 11.4. The molecule has 1 aliphatic carbocycles. The van der Waals surface area contributed by atoms with Crippen molar-refractivity contribution in [2.45, 2.75) is 45.3 Å². The molecule has 4 nitrogen and oxygen atoms in total. The van der Waals surface area contributed by atoms with Gasteiger partial charge in [0.05, 0.1) is 12.7 Å². The van der Waals surface area contributed by atoms with Crippen LogP contribution in [-0.4, -0.2) is 36.4 Å². The van der Waals surface area contributed by atoms with Crippen molar-refractivity contribution in [3.05, 3.63) is 0 Å². The zero-order chi connectivity index (χ0) is 11.3. The highest BCUT2D eigenvalue weighted by atomic mass is 16.5. The molecule has 0 aromatic heterocycles. The van der Waals surface area contributed by atoms with E-state index in [-0.39, 0.29) is 18.6 Å². The Morgan fingerprint density at radius 3 is 2.80 bits per heavy atom. The Hall–Kier alpha value is -0.610. The molecular formula is C11H21NO3. The Morgan fingerprint density at radius 1 is 1.60 bits per heavy atom. The van der Waals surface area contributed by atoms with Gasteiger partial charge in [0.15, 0.2) is 0 Å². The minimum absolute atomic E-state index is 0.00201. The van der Waals surface area contributed by atoms with Gasteiger partial charge in [0.25, 0.3) is 0 Å². The van der Waals surface area contributed by atoms with Gasteiger partial charge in [-0.25, -0.2) is 0 Å². The van der Waals surface area contributed by atoms with Crippen LogP contribution in [0.15, 0.2) is 0 Å². The van der Waals surface area contributed by atoms with E-state index in [1.165, 1.54) is 0 Å². The fraction of sp³-hybridized carbons (Fsp3) is 0.909. The molecule has 0 saturated heterocycles. The number of hydrogen-bond acceptors (Lipinski definition) is 3. The SMILES string of the molecule is CCOC1CC(CC(=O)N[C@H](C)CO)C1. The molecule has 0 unspecified atom stereocenters. The number of aliphatic hydroxyl groups excluding tert-OH is 1. The average molecular weight is 215 g/mol. The first-order valence-electron chi connectivity index (χ1n) is 5.67. The number of rotatable bonds is 6. The van der Waals surface area contributed by atoms with Crippen LogP contribution >= 0.6 is 0 Å². The van der Waals surface area contributed by atoms with E-state index in [4.69, 9.17) is 9.84 Å². The lowest BCUT2D eigenvalue weighted by Crippen LogP contribution is -2.39. The summed E-state index contributed by atoms with van der Waals surface area (Å²) < 4.78 is 5.42. The highest BCUT2D eigenvalue weighted by Gasteiger charge is 2.31. The molecular weight excluding hydrogens is 194 g/mol. The van der Waals surface area contributed by atoms with Crippen molar-refractivity contribution in [1.82, 2.24) is 5.32 Å². The summed E-state index contributed by atoms with van der Waals surface area (Å²) >= 11 is 0. The number of carbonyl (C=O) groups is 1. The monoisotopic (exact) mass is 215 g/mol. The van der Waals surface area contributed by atoms with Crippen LogP contribution in [0.25, 0.3) is 0 Å². The summed E-state index contributed by atoms with van der Waals surface area (Å²) in [5.74, 6) is 0.504. The van der Waals surface area contributed by atoms with Gasteiger partial charge in [-0.2, -0.15) is 0 Å². The van der Waals surface area contributed by atoms with Crippen molar-refractivity contribution in [2.24, 2.45) is 5.92 Å². The van der Waals surface area contributed by atoms with Crippen LogP contribution in [0.4, 0.5) is 0 Å². The van der Waals surface area contributed by atoms with Gasteiger partial charge in [0.2, 0.25) is 5.91 Å². The van der Waals surface area contributed by atoms with E-state index in [1.54, 1.807) is 6.92 Å². The molecule has 1 saturated carbocycles. The molecule has 0 aromatic rings. The summed E-state index contributed by atoms with van der Waals surface area (Å²) in [6.07, 6.45) is 2.92. The quantitative estimate of drug-likeness (QED) is 0.685. The number of nitrogens with one attached hydrogen (secondary N) is 1. The Balaban J connectivity index is 2.08. The van der Waals surface area contributed by atoms with Gasteiger partial charge in [-0.3, -0.25) is 4.79 Å². The van der Waals surface area contributed by atoms with Crippen LogP contribution < -0.4 is 5.32 Å². The molecule has 0 radical (unpaired) electrons. The van der Waals surface area contributed by atoms with Gasteiger partial charge < -0.3 is 15.2 Å². The fourth-order valence-corrected chi connectivity index (χ4v) is 1.85. The van der Waals surface area contributed by atoms with Crippen LogP contribution in [0.1, 0.15) is 33.1 Å². The number of ether oxygens (including phenoxy) is 1. The molecule has 1 rings (SSSR count). The van der Waals surface area contributed by atoms with Gasteiger partial charge >= 0.3 is 0 Å². The number of hydrogen-bond donors (Lipinski definition) is 2. The summed E-state index contributed by atoms with van der Waals surface area (Å²) in [4.78, 5) is 11.4. The van der Waals surface area contributed by atoms with Crippen LogP contribution in [-0.2, 0) is 9.53 Å². The van der Waals surface area contributed by atoms with Crippen molar-refractivity contribution in [3.63, 3.8) is 0 Å². The number of aliphatic hydroxyl groups is 1. The van der Waals surface area contributed by atoms with Crippen molar-refractivity contribution in [2.75, 3.05) is 13.2 Å². The van der Waals surface area contributed by atoms with Crippen molar-refractivity contribution in [1.29, 1.82) is 0 Å². The largest absolute Gasteiger partial charge is 0.394 e. The maximum atomic E-state index is 11.4. The summed E-state index contributed by atoms with van der Waals surface area (Å²) in [5.41, 5.74) is 0. The van der Waals surface area contributed by atoms with Crippen molar-refractivity contribution < 1.29 is 14.6 Å². The summed E-state index contributed by atoms with van der Waals surface area (Å²) in [6.45, 7) is 4.54. The Labute approximate surface area is 91.0 Å². The topological polar surface area (TPSA) is 58.6 Å². The smallest absolute Gasteiger partial charge is 0.220 e. The van der Waals surface area contributed by atoms with Gasteiger partial charge in [0, 0.05) is 19.1 Å². The third-order valence-corrected chi connectivity index (χ3v) is 2.75. The van der Waals surface area contributed by atoms with Gasteiger partial charge in [-0.15, -0.1) is 0 Å². The molecule has 0 heterocycles. The molecule has 0 aliphatic heterocycles. The molecule has 88 valence electrons. The first kappa shape index (κ1) is 12.5. The third kappa shape index (κ3) is 4.18. The summed E-state index contributed by atoms with van der Waals surface area (Å²) in [6, 6.07) is -0.139. The molecule has 2 N–H and O–H groups in total. The second-order valence-corrected chi connectivity index (χ2v) is 4.27. The second-order valence-electron chi connectivity index (χ2n) is 4.27. The molecule has 0 spiro atoms. The van der Waals surface area contributed by atoms with E-state index < -0.39 is 0 Å². The molecule has 0 aromatic carbocycles. The van der Waals surface area contributed by atoms with Gasteiger partial charge in [-0.05, 0) is 32.6 Å². The first-order valence-corrected chi connectivity index (χ1v) is 5.67. The predicted octanol–water partition coefficient (Wildman–Crippen LogP) is 0.689. The predicted molar refractivity (Wildman–Crippen MR) is 57.4 cm³/mol. The average Bonchev–Trinajstić information content (AvgIpc) is 2.14. The Kier molecular flexibility index (Phi) is 5.05. The lowest BCUT2D eigenvalue weighted by Gasteiger charge is -2.34. The van der Waals surface area contributed by atoms with E-state index in [0.29, 0.717) is 18.4 Å². The highest BCUT2D eigenvalue weighted by molar-refractivity contribution is 5.76. The lowest BCUT2D eigenvalue weighted by molar-refractivity contribution is -0.125. The van der Waals surface area contributed by atoms with Crippen LogP contribution in [0, 0.1) is 5.92 Å². The Morgan fingerprint density at radius 2 is 2.27 bits per heavy atom. The fourth-order valence-electron chi connectivity index (χ4n) is 1.85. The van der Waals surface area contributed by atoms with Crippen molar-refractivity contribution in [3.8, 4) is 0 Å². The van der Waals surface area contributed by atoms with E-state index in [2.05, 4.69) is 5.32 Å². The van der Waals surface area contributed by atoms with E-state index >= 15 is 0 Å². The molecule has 0 bridgehead atoms. The van der Waals surface area contributed by atoms with E-state index in [0.717, 1.165) is 19.4 Å². The van der Waals surface area contributed by atoms with Crippen LogP contribution in [0.5, 0.6) is 0 Å². The molecule has 15 heavy (non-hydrogen) atoms. The zero-order valence-corrected chi connectivity index (χ0v) is 9.53. The van der Waals surface area contributed by atoms with E-state index in [1.807, 2.05) is 6.92 Å². The minimum Gasteiger partial charge on any atom is -0.394 e. The van der Waals surface area contributed by atoms with Crippen LogP contribution in [0.2, 0.25) is 0 Å². The third-order valence-electron chi connectivity index (χ3n) is 2.75. The molecule has 1 atom stereocenters. The summed E-state index contributed by atoms with van der Waals surface area (Å²) in [5, 5.41) is 11.5. The molecule has 1 aliphatic rings. The highest BCUT2D eigenvalue weighted by Crippen LogP contribution is 2.32. The normalized spacial score (nSPS) is 26.9. The first-order chi connectivity index (χ1) is 7.15.